The SMILES string of the molecule is O=C(c1ccc(F)cc1F)N1CCc2nc(COc3cccc(F)c3)oc2C1. The van der Waals surface area contributed by atoms with E-state index in [4.69, 9.17) is 9.15 Å². The number of halogens is 3. The van der Waals surface area contributed by atoms with Gasteiger partial charge in [0.25, 0.3) is 5.91 Å². The molecule has 4 rings (SSSR count). The average Bonchev–Trinajstić information content (AvgIpc) is 3.08. The molecule has 144 valence electrons. The maximum absolute atomic E-state index is 13.9. The minimum Gasteiger partial charge on any atom is -0.484 e. The van der Waals surface area contributed by atoms with Crippen molar-refractivity contribution in [3.63, 3.8) is 0 Å². The molecule has 1 amide bonds. The van der Waals surface area contributed by atoms with Gasteiger partial charge in [-0.1, -0.05) is 6.07 Å². The van der Waals surface area contributed by atoms with Gasteiger partial charge in [0.15, 0.2) is 6.61 Å². The highest BCUT2D eigenvalue weighted by Gasteiger charge is 2.27. The van der Waals surface area contributed by atoms with E-state index in [9.17, 15) is 18.0 Å². The summed E-state index contributed by atoms with van der Waals surface area (Å²) in [5, 5.41) is 0. The largest absolute Gasteiger partial charge is 0.484 e. The number of carbonyl (C=O) groups excluding carboxylic acids is 1. The molecule has 2 aromatic carbocycles. The highest BCUT2D eigenvalue weighted by Crippen LogP contribution is 2.23. The number of nitrogens with zero attached hydrogens (tertiary/aromatic N) is 2. The molecule has 0 bridgehead atoms. The average molecular weight is 388 g/mol. The zero-order valence-corrected chi connectivity index (χ0v) is 14.6. The van der Waals surface area contributed by atoms with Crippen LogP contribution in [0.15, 0.2) is 46.9 Å². The summed E-state index contributed by atoms with van der Waals surface area (Å²) in [6.45, 7) is 0.467. The van der Waals surface area contributed by atoms with Gasteiger partial charge in [0.1, 0.15) is 29.0 Å². The van der Waals surface area contributed by atoms with E-state index in [0.717, 1.165) is 12.1 Å². The van der Waals surface area contributed by atoms with Crippen molar-refractivity contribution in [2.45, 2.75) is 19.6 Å². The topological polar surface area (TPSA) is 55.6 Å². The van der Waals surface area contributed by atoms with Gasteiger partial charge in [0.05, 0.1) is 17.8 Å². The molecular weight excluding hydrogens is 373 g/mol. The fraction of sp³-hybridized carbons (Fsp3) is 0.200. The van der Waals surface area contributed by atoms with E-state index in [1.54, 1.807) is 6.07 Å². The molecule has 1 aliphatic heterocycles. The van der Waals surface area contributed by atoms with Gasteiger partial charge in [-0.05, 0) is 24.3 Å². The third-order valence-corrected chi connectivity index (χ3v) is 4.38. The second-order valence-electron chi connectivity index (χ2n) is 6.32. The Morgan fingerprint density at radius 2 is 1.96 bits per heavy atom. The molecule has 0 aliphatic carbocycles. The Hall–Kier alpha value is -3.29. The smallest absolute Gasteiger partial charge is 0.257 e. The van der Waals surface area contributed by atoms with E-state index in [-0.39, 0.29) is 18.7 Å². The van der Waals surface area contributed by atoms with Gasteiger partial charge in [-0.3, -0.25) is 4.79 Å². The highest BCUT2D eigenvalue weighted by atomic mass is 19.1. The number of carbonyl (C=O) groups is 1. The van der Waals surface area contributed by atoms with Gasteiger partial charge in [-0.15, -0.1) is 0 Å². The van der Waals surface area contributed by atoms with Crippen LogP contribution < -0.4 is 4.74 Å². The van der Waals surface area contributed by atoms with Crippen LogP contribution in [0.2, 0.25) is 0 Å². The molecular formula is C20H15F3N2O3. The van der Waals surface area contributed by atoms with Crippen molar-refractivity contribution in [2.24, 2.45) is 0 Å². The van der Waals surface area contributed by atoms with Crippen molar-refractivity contribution in [3.05, 3.63) is 82.8 Å². The predicted molar refractivity (Wildman–Crippen MR) is 92.0 cm³/mol. The summed E-state index contributed by atoms with van der Waals surface area (Å²) < 4.78 is 51.2. The van der Waals surface area contributed by atoms with E-state index in [1.165, 1.54) is 23.1 Å². The first-order valence-corrected chi connectivity index (χ1v) is 8.60. The molecule has 0 unspecified atom stereocenters. The second kappa shape index (κ2) is 7.38. The van der Waals surface area contributed by atoms with E-state index in [1.807, 2.05) is 0 Å². The number of benzene rings is 2. The standard InChI is InChI=1S/C20H15F3N2O3/c21-12-2-1-3-14(8-12)27-11-19-24-17-6-7-25(10-18(17)28-19)20(26)15-5-4-13(22)9-16(15)23/h1-5,8-9H,6-7,10-11H2. The van der Waals surface area contributed by atoms with E-state index in [0.29, 0.717) is 42.1 Å². The van der Waals surface area contributed by atoms with Crippen molar-refractivity contribution in [1.29, 1.82) is 0 Å². The van der Waals surface area contributed by atoms with Crippen molar-refractivity contribution in [1.82, 2.24) is 9.88 Å². The molecule has 0 radical (unpaired) electrons. The van der Waals surface area contributed by atoms with Gasteiger partial charge in [-0.25, -0.2) is 18.2 Å². The highest BCUT2D eigenvalue weighted by molar-refractivity contribution is 5.94. The molecule has 1 aliphatic rings. The van der Waals surface area contributed by atoms with E-state index < -0.39 is 23.4 Å². The number of rotatable bonds is 4. The van der Waals surface area contributed by atoms with Gasteiger partial charge in [-0.2, -0.15) is 0 Å². The number of hydrogen-bond acceptors (Lipinski definition) is 4. The molecule has 28 heavy (non-hydrogen) atoms. The van der Waals surface area contributed by atoms with Crippen LogP contribution in [-0.2, 0) is 19.6 Å². The normalized spacial score (nSPS) is 13.3. The lowest BCUT2D eigenvalue weighted by Gasteiger charge is -2.25. The zero-order valence-electron chi connectivity index (χ0n) is 14.6. The molecule has 0 N–H and O–H groups in total. The monoisotopic (exact) mass is 388 g/mol. The third-order valence-electron chi connectivity index (χ3n) is 4.38. The Morgan fingerprint density at radius 3 is 2.75 bits per heavy atom. The molecule has 8 heteroatoms. The Balaban J connectivity index is 1.45. The van der Waals surface area contributed by atoms with E-state index >= 15 is 0 Å². The fourth-order valence-corrected chi connectivity index (χ4v) is 3.02. The Kier molecular flexibility index (Phi) is 4.77. The lowest BCUT2D eigenvalue weighted by atomic mass is 10.1. The van der Waals surface area contributed by atoms with Crippen LogP contribution in [0.3, 0.4) is 0 Å². The summed E-state index contributed by atoms with van der Waals surface area (Å²) in [4.78, 5) is 18.3. The number of aromatic nitrogens is 1. The Morgan fingerprint density at radius 1 is 1.14 bits per heavy atom. The maximum atomic E-state index is 13.9. The van der Waals surface area contributed by atoms with Crippen molar-refractivity contribution >= 4 is 5.91 Å². The van der Waals surface area contributed by atoms with Crippen LogP contribution in [0.25, 0.3) is 0 Å². The van der Waals surface area contributed by atoms with Crippen LogP contribution >= 0.6 is 0 Å². The molecule has 0 spiro atoms. The van der Waals surface area contributed by atoms with Crippen LogP contribution in [0, 0.1) is 17.5 Å². The van der Waals surface area contributed by atoms with Crippen LogP contribution in [0.4, 0.5) is 13.2 Å². The molecule has 3 aromatic rings. The molecule has 0 fully saturated rings. The molecule has 5 nitrogen and oxygen atoms in total. The number of oxazole rings is 1. The molecule has 0 saturated carbocycles. The zero-order chi connectivity index (χ0) is 19.7. The maximum Gasteiger partial charge on any atom is 0.257 e. The number of ether oxygens (including phenoxy) is 1. The number of hydrogen-bond donors (Lipinski definition) is 0. The summed E-state index contributed by atoms with van der Waals surface area (Å²) >= 11 is 0. The fourth-order valence-electron chi connectivity index (χ4n) is 3.02. The summed E-state index contributed by atoms with van der Waals surface area (Å²) in [6, 6.07) is 8.56. The summed E-state index contributed by atoms with van der Waals surface area (Å²) in [6.07, 6.45) is 0.438. The lowest BCUT2D eigenvalue weighted by molar-refractivity contribution is 0.0713. The van der Waals surface area contributed by atoms with Crippen LogP contribution in [-0.4, -0.2) is 22.3 Å². The lowest BCUT2D eigenvalue weighted by Crippen LogP contribution is -2.36. The van der Waals surface area contributed by atoms with Gasteiger partial charge >= 0.3 is 0 Å². The second-order valence-corrected chi connectivity index (χ2v) is 6.32. The third kappa shape index (κ3) is 3.71. The number of amides is 1. The minimum absolute atomic E-state index is 0.0109. The summed E-state index contributed by atoms with van der Waals surface area (Å²) in [5.74, 6) is -1.47. The van der Waals surface area contributed by atoms with E-state index in [2.05, 4.69) is 4.98 Å². The first-order chi connectivity index (χ1) is 13.5. The molecule has 0 saturated heterocycles. The predicted octanol–water partition coefficient (Wildman–Crippen LogP) is 3.87. The van der Waals surface area contributed by atoms with Gasteiger partial charge in [0.2, 0.25) is 5.89 Å². The Labute approximate surface area is 158 Å². The van der Waals surface area contributed by atoms with Crippen LogP contribution in [0.5, 0.6) is 5.75 Å². The van der Waals surface area contributed by atoms with Crippen molar-refractivity contribution < 1.29 is 27.1 Å². The minimum atomic E-state index is -0.905. The summed E-state index contributed by atoms with van der Waals surface area (Å²) in [5.41, 5.74) is 0.500. The summed E-state index contributed by atoms with van der Waals surface area (Å²) in [7, 11) is 0. The molecule has 0 atom stereocenters. The first kappa shape index (κ1) is 18.1. The van der Waals surface area contributed by atoms with Gasteiger partial charge in [0, 0.05) is 25.1 Å². The quantitative estimate of drug-likeness (QED) is 0.681. The molecule has 1 aromatic heterocycles. The van der Waals surface area contributed by atoms with Crippen molar-refractivity contribution in [2.75, 3.05) is 6.54 Å². The Bertz CT molecular complexity index is 1040. The van der Waals surface area contributed by atoms with Crippen LogP contribution in [0.1, 0.15) is 27.7 Å². The first-order valence-electron chi connectivity index (χ1n) is 8.60. The molecule has 2 heterocycles. The number of fused-ring (bicyclic) bond motifs is 1. The van der Waals surface area contributed by atoms with Crippen molar-refractivity contribution in [3.8, 4) is 5.75 Å². The van der Waals surface area contributed by atoms with Gasteiger partial charge < -0.3 is 14.1 Å².